The lowest BCUT2D eigenvalue weighted by molar-refractivity contribution is -0.118. The molecule has 2 aromatic rings. The molecule has 0 radical (unpaired) electrons. The van der Waals surface area contributed by atoms with Crippen molar-refractivity contribution in [2.24, 2.45) is 0 Å². The molecule has 0 unspecified atom stereocenters. The van der Waals surface area contributed by atoms with E-state index in [9.17, 15) is 4.79 Å². The van der Waals surface area contributed by atoms with E-state index in [1.807, 2.05) is 31.2 Å². The van der Waals surface area contributed by atoms with Crippen molar-refractivity contribution >= 4 is 11.6 Å². The molecule has 0 heterocycles. The Hall–Kier alpha value is -2.69. The lowest BCUT2D eigenvalue weighted by Crippen LogP contribution is -2.20. The summed E-state index contributed by atoms with van der Waals surface area (Å²) in [5.74, 6) is 1.67. The molecule has 0 bridgehead atoms. The zero-order chi connectivity index (χ0) is 17.4. The van der Waals surface area contributed by atoms with Crippen molar-refractivity contribution < 1.29 is 19.0 Å². The van der Waals surface area contributed by atoms with Gasteiger partial charge in [0.2, 0.25) is 0 Å². The van der Waals surface area contributed by atoms with Crippen molar-refractivity contribution in [1.29, 1.82) is 0 Å². The summed E-state index contributed by atoms with van der Waals surface area (Å²) in [6.07, 6.45) is 0.926. The van der Waals surface area contributed by atoms with E-state index in [0.717, 1.165) is 6.42 Å². The van der Waals surface area contributed by atoms with Crippen LogP contribution in [0.2, 0.25) is 0 Å². The molecule has 128 valence electrons. The first-order valence-electron chi connectivity index (χ1n) is 7.98. The molecule has 0 saturated carbocycles. The molecule has 5 nitrogen and oxygen atoms in total. The minimum absolute atomic E-state index is 0.0529. The van der Waals surface area contributed by atoms with Gasteiger partial charge in [0.25, 0.3) is 5.91 Å². The quantitative estimate of drug-likeness (QED) is 0.803. The maximum Gasteiger partial charge on any atom is 0.262 e. The zero-order valence-corrected chi connectivity index (χ0v) is 14.3. The maximum absolute atomic E-state index is 12.0. The van der Waals surface area contributed by atoms with Crippen LogP contribution in [-0.4, -0.2) is 26.2 Å². The number of benzene rings is 2. The summed E-state index contributed by atoms with van der Waals surface area (Å²) < 4.78 is 16.3. The lowest BCUT2D eigenvalue weighted by atomic mass is 10.2. The van der Waals surface area contributed by atoms with Gasteiger partial charge < -0.3 is 19.5 Å². The number of rotatable bonds is 8. The van der Waals surface area contributed by atoms with E-state index in [1.165, 1.54) is 5.56 Å². The van der Waals surface area contributed by atoms with E-state index in [2.05, 4.69) is 12.2 Å². The number of anilines is 1. The van der Waals surface area contributed by atoms with Crippen molar-refractivity contribution in [1.82, 2.24) is 0 Å². The fraction of sp³-hybridized carbons (Fsp3) is 0.316. The van der Waals surface area contributed by atoms with Gasteiger partial charge in [0.1, 0.15) is 5.75 Å². The Morgan fingerprint density at radius 3 is 2.58 bits per heavy atom. The van der Waals surface area contributed by atoms with Crippen molar-refractivity contribution in [2.45, 2.75) is 20.3 Å². The van der Waals surface area contributed by atoms with Gasteiger partial charge in [0, 0.05) is 11.8 Å². The summed E-state index contributed by atoms with van der Waals surface area (Å²) in [7, 11) is 1.56. The highest BCUT2D eigenvalue weighted by Gasteiger charge is 2.08. The summed E-state index contributed by atoms with van der Waals surface area (Å²) in [6.45, 7) is 4.47. The van der Waals surface area contributed by atoms with Crippen molar-refractivity contribution in [3.63, 3.8) is 0 Å². The lowest BCUT2D eigenvalue weighted by Gasteiger charge is -2.12. The van der Waals surface area contributed by atoms with E-state index in [1.54, 1.807) is 25.3 Å². The smallest absolute Gasteiger partial charge is 0.262 e. The van der Waals surface area contributed by atoms with Crippen LogP contribution >= 0.6 is 0 Å². The van der Waals surface area contributed by atoms with Gasteiger partial charge in [-0.25, -0.2) is 0 Å². The Morgan fingerprint density at radius 2 is 1.88 bits per heavy atom. The number of ether oxygens (including phenoxy) is 3. The number of methoxy groups -OCH3 is 1. The van der Waals surface area contributed by atoms with Crippen molar-refractivity contribution in [3.05, 3.63) is 48.0 Å². The SMILES string of the molecule is CCOc1ccc(NC(=O)COc2cccc(CC)c2)cc1OC. The average molecular weight is 329 g/mol. The van der Waals surface area contributed by atoms with Gasteiger partial charge in [-0.2, -0.15) is 0 Å². The van der Waals surface area contributed by atoms with Crippen LogP contribution in [0.1, 0.15) is 19.4 Å². The second kappa shape index (κ2) is 8.82. The first kappa shape index (κ1) is 17.7. The number of carbonyl (C=O) groups excluding carboxylic acids is 1. The molecule has 0 saturated heterocycles. The Kier molecular flexibility index (Phi) is 6.49. The van der Waals surface area contributed by atoms with Gasteiger partial charge in [-0.1, -0.05) is 19.1 Å². The summed E-state index contributed by atoms with van der Waals surface area (Å²) in [5, 5.41) is 2.79. The van der Waals surface area contributed by atoms with Gasteiger partial charge in [-0.15, -0.1) is 0 Å². The van der Waals surface area contributed by atoms with Crippen molar-refractivity contribution in [3.8, 4) is 17.2 Å². The molecule has 0 aromatic heterocycles. The summed E-state index contributed by atoms with van der Waals surface area (Å²) in [6, 6.07) is 13.0. The van der Waals surface area contributed by atoms with Gasteiger partial charge in [-0.05, 0) is 43.2 Å². The van der Waals surface area contributed by atoms with Crippen LogP contribution in [0.5, 0.6) is 17.2 Å². The van der Waals surface area contributed by atoms with Crippen LogP contribution in [0.25, 0.3) is 0 Å². The summed E-state index contributed by atoms with van der Waals surface area (Å²) in [5.41, 5.74) is 1.80. The van der Waals surface area contributed by atoms with E-state index in [-0.39, 0.29) is 12.5 Å². The summed E-state index contributed by atoms with van der Waals surface area (Å²) in [4.78, 5) is 12.0. The molecular formula is C19H23NO4. The molecule has 0 aliphatic carbocycles. The Bertz CT molecular complexity index is 685. The molecule has 24 heavy (non-hydrogen) atoms. The van der Waals surface area contributed by atoms with E-state index < -0.39 is 0 Å². The van der Waals surface area contributed by atoms with Crippen LogP contribution in [0.15, 0.2) is 42.5 Å². The molecule has 0 aliphatic heterocycles. The molecular weight excluding hydrogens is 306 g/mol. The maximum atomic E-state index is 12.0. The molecule has 2 aromatic carbocycles. The molecule has 1 amide bonds. The average Bonchev–Trinajstić information content (AvgIpc) is 2.61. The number of nitrogens with one attached hydrogen (secondary N) is 1. The predicted octanol–water partition coefficient (Wildman–Crippen LogP) is 3.67. The Balaban J connectivity index is 1.94. The molecule has 0 aliphatic rings. The van der Waals surface area contributed by atoms with Crippen molar-refractivity contribution in [2.75, 3.05) is 25.6 Å². The number of hydrogen-bond donors (Lipinski definition) is 1. The summed E-state index contributed by atoms with van der Waals surface area (Å²) >= 11 is 0. The number of aryl methyl sites for hydroxylation is 1. The van der Waals surface area contributed by atoms with Gasteiger partial charge in [0.05, 0.1) is 13.7 Å². The Morgan fingerprint density at radius 1 is 1.04 bits per heavy atom. The molecule has 0 atom stereocenters. The fourth-order valence-corrected chi connectivity index (χ4v) is 2.22. The normalized spacial score (nSPS) is 10.1. The number of hydrogen-bond acceptors (Lipinski definition) is 4. The van der Waals surface area contributed by atoms with Gasteiger partial charge in [-0.3, -0.25) is 4.79 Å². The third-order valence-electron chi connectivity index (χ3n) is 3.42. The highest BCUT2D eigenvalue weighted by atomic mass is 16.5. The van der Waals surface area contributed by atoms with E-state index >= 15 is 0 Å². The molecule has 2 rings (SSSR count). The second-order valence-electron chi connectivity index (χ2n) is 5.14. The molecule has 0 spiro atoms. The zero-order valence-electron chi connectivity index (χ0n) is 14.3. The van der Waals surface area contributed by atoms with Crippen LogP contribution < -0.4 is 19.5 Å². The number of amides is 1. The second-order valence-corrected chi connectivity index (χ2v) is 5.14. The fourth-order valence-electron chi connectivity index (χ4n) is 2.22. The van der Waals surface area contributed by atoms with E-state index in [4.69, 9.17) is 14.2 Å². The third kappa shape index (κ3) is 4.91. The highest BCUT2D eigenvalue weighted by Crippen LogP contribution is 2.30. The van der Waals surface area contributed by atoms with Crippen LogP contribution in [0.3, 0.4) is 0 Å². The molecule has 5 heteroatoms. The van der Waals surface area contributed by atoms with Gasteiger partial charge >= 0.3 is 0 Å². The van der Waals surface area contributed by atoms with Gasteiger partial charge in [0.15, 0.2) is 18.1 Å². The monoisotopic (exact) mass is 329 g/mol. The molecule has 0 fully saturated rings. The first-order chi connectivity index (χ1) is 11.7. The van der Waals surface area contributed by atoms with Crippen LogP contribution in [0.4, 0.5) is 5.69 Å². The third-order valence-corrected chi connectivity index (χ3v) is 3.42. The minimum atomic E-state index is -0.233. The predicted molar refractivity (Wildman–Crippen MR) is 94.1 cm³/mol. The van der Waals surface area contributed by atoms with E-state index in [0.29, 0.717) is 29.5 Å². The largest absolute Gasteiger partial charge is 0.493 e. The standard InChI is InChI=1S/C19H23NO4/c1-4-14-7-6-8-16(11-14)24-13-19(21)20-15-9-10-17(23-5-2)18(12-15)22-3/h6-12H,4-5,13H2,1-3H3,(H,20,21). The minimum Gasteiger partial charge on any atom is -0.493 e. The van der Waals surface area contributed by atoms with Crippen LogP contribution in [0, 0.1) is 0 Å². The topological polar surface area (TPSA) is 56.8 Å². The number of carbonyl (C=O) groups is 1. The molecule has 1 N–H and O–H groups in total. The van der Waals surface area contributed by atoms with Crippen LogP contribution in [-0.2, 0) is 11.2 Å². The first-order valence-corrected chi connectivity index (χ1v) is 7.98. The highest BCUT2D eigenvalue weighted by molar-refractivity contribution is 5.92. The Labute approximate surface area is 142 Å².